The summed E-state index contributed by atoms with van der Waals surface area (Å²) in [6.07, 6.45) is 3.21. The van der Waals surface area contributed by atoms with Crippen molar-refractivity contribution in [1.29, 1.82) is 0 Å². The Balaban J connectivity index is 2.59. The molecule has 2 rings (SSSR count). The van der Waals surface area contributed by atoms with Crippen LogP contribution in [0.2, 0.25) is 0 Å². The monoisotopic (exact) mass is 199 g/mol. The van der Waals surface area contributed by atoms with Gasteiger partial charge in [-0.1, -0.05) is 29.3 Å². The van der Waals surface area contributed by atoms with Gasteiger partial charge in [-0.15, -0.1) is 0 Å². The Kier molecular flexibility index (Phi) is 2.37. The van der Waals surface area contributed by atoms with Gasteiger partial charge in [0.15, 0.2) is 0 Å². The van der Waals surface area contributed by atoms with Crippen LogP contribution in [0, 0.1) is 13.8 Å². The molecule has 0 aliphatic rings. The van der Waals surface area contributed by atoms with Crippen molar-refractivity contribution in [2.45, 2.75) is 13.8 Å². The summed E-state index contributed by atoms with van der Waals surface area (Å²) >= 11 is 0. The fourth-order valence-electron chi connectivity index (χ4n) is 1.69. The lowest BCUT2D eigenvalue weighted by Crippen LogP contribution is -1.95. The van der Waals surface area contributed by atoms with E-state index in [1.54, 1.807) is 6.20 Å². The van der Waals surface area contributed by atoms with Gasteiger partial charge in [-0.2, -0.15) is 0 Å². The highest BCUT2D eigenvalue weighted by atomic mass is 14.9. The van der Waals surface area contributed by atoms with E-state index in [2.05, 4.69) is 42.0 Å². The van der Waals surface area contributed by atoms with Gasteiger partial charge >= 0.3 is 0 Å². The maximum absolute atomic E-state index is 5.80. The number of nitrogens with zero attached hydrogens (tertiary/aromatic N) is 2. The van der Waals surface area contributed by atoms with E-state index < -0.39 is 0 Å². The number of benzene rings is 1. The molecule has 0 aliphatic heterocycles. The molecule has 0 aliphatic carbocycles. The first kappa shape index (κ1) is 9.65. The van der Waals surface area contributed by atoms with Crippen molar-refractivity contribution in [2.75, 3.05) is 5.73 Å². The lowest BCUT2D eigenvalue weighted by Gasteiger charge is -2.06. The first-order valence-corrected chi connectivity index (χ1v) is 4.81. The molecule has 0 unspecified atom stereocenters. The number of hydrogen-bond acceptors (Lipinski definition) is 3. The Labute approximate surface area is 89.0 Å². The number of nitrogens with two attached hydrogens (primary N) is 1. The van der Waals surface area contributed by atoms with Gasteiger partial charge in [-0.3, -0.25) is 0 Å². The third-order valence-electron chi connectivity index (χ3n) is 2.28. The molecule has 1 aromatic carbocycles. The third-order valence-corrected chi connectivity index (χ3v) is 2.28. The van der Waals surface area contributed by atoms with Crippen LogP contribution in [0.1, 0.15) is 11.1 Å². The zero-order valence-electron chi connectivity index (χ0n) is 8.86. The molecule has 0 bridgehead atoms. The molecule has 15 heavy (non-hydrogen) atoms. The van der Waals surface area contributed by atoms with Crippen LogP contribution >= 0.6 is 0 Å². The maximum Gasteiger partial charge on any atom is 0.134 e. The average Bonchev–Trinajstić information content (AvgIpc) is 2.16. The summed E-state index contributed by atoms with van der Waals surface area (Å²) in [5.41, 5.74) is 10.2. The fraction of sp³-hybridized carbons (Fsp3) is 0.167. The molecule has 3 nitrogen and oxygen atoms in total. The second kappa shape index (κ2) is 3.69. The Morgan fingerprint density at radius 1 is 1.07 bits per heavy atom. The summed E-state index contributed by atoms with van der Waals surface area (Å²) in [4.78, 5) is 7.97. The van der Waals surface area contributed by atoms with Gasteiger partial charge in [0.25, 0.3) is 0 Å². The summed E-state index contributed by atoms with van der Waals surface area (Å²) in [6.45, 7) is 4.13. The zero-order chi connectivity index (χ0) is 10.8. The van der Waals surface area contributed by atoms with Crippen LogP contribution in [0.3, 0.4) is 0 Å². The van der Waals surface area contributed by atoms with Crippen molar-refractivity contribution >= 4 is 5.82 Å². The second-order valence-corrected chi connectivity index (χ2v) is 3.70. The molecule has 0 saturated carbocycles. The Hall–Kier alpha value is -1.90. The van der Waals surface area contributed by atoms with Crippen LogP contribution in [0.15, 0.2) is 30.7 Å². The fourth-order valence-corrected chi connectivity index (χ4v) is 1.69. The SMILES string of the molecule is Cc1cc(C)cc(-c2cncnc2N)c1. The van der Waals surface area contributed by atoms with E-state index in [0.29, 0.717) is 5.82 Å². The van der Waals surface area contributed by atoms with Gasteiger partial charge < -0.3 is 5.73 Å². The first-order valence-electron chi connectivity index (χ1n) is 4.81. The van der Waals surface area contributed by atoms with E-state index >= 15 is 0 Å². The van der Waals surface area contributed by atoms with Crippen LogP contribution in [-0.4, -0.2) is 9.97 Å². The highest BCUT2D eigenvalue weighted by molar-refractivity contribution is 5.73. The van der Waals surface area contributed by atoms with Crippen molar-refractivity contribution in [1.82, 2.24) is 9.97 Å². The molecule has 0 spiro atoms. The molecule has 3 heteroatoms. The number of aromatic nitrogens is 2. The van der Waals surface area contributed by atoms with Gasteiger partial charge in [0.05, 0.1) is 0 Å². The van der Waals surface area contributed by atoms with E-state index in [-0.39, 0.29) is 0 Å². The molecule has 2 N–H and O–H groups in total. The molecule has 2 aromatic rings. The number of anilines is 1. The van der Waals surface area contributed by atoms with E-state index in [9.17, 15) is 0 Å². The third kappa shape index (κ3) is 1.96. The minimum atomic E-state index is 0.523. The highest BCUT2D eigenvalue weighted by Crippen LogP contribution is 2.24. The van der Waals surface area contributed by atoms with E-state index in [0.717, 1.165) is 11.1 Å². The summed E-state index contributed by atoms with van der Waals surface area (Å²) in [6, 6.07) is 6.30. The second-order valence-electron chi connectivity index (χ2n) is 3.70. The highest BCUT2D eigenvalue weighted by Gasteiger charge is 2.04. The molecule has 0 amide bonds. The number of rotatable bonds is 1. The average molecular weight is 199 g/mol. The van der Waals surface area contributed by atoms with Crippen LogP contribution in [0.4, 0.5) is 5.82 Å². The normalized spacial score (nSPS) is 10.3. The van der Waals surface area contributed by atoms with Gasteiger partial charge in [0.1, 0.15) is 12.1 Å². The largest absolute Gasteiger partial charge is 0.383 e. The zero-order valence-corrected chi connectivity index (χ0v) is 8.86. The minimum Gasteiger partial charge on any atom is -0.383 e. The van der Waals surface area contributed by atoms with Crippen molar-refractivity contribution in [3.63, 3.8) is 0 Å². The Morgan fingerprint density at radius 3 is 2.33 bits per heavy atom. The Morgan fingerprint density at radius 2 is 1.73 bits per heavy atom. The lowest BCUT2D eigenvalue weighted by atomic mass is 10.0. The quantitative estimate of drug-likeness (QED) is 0.767. The Bertz CT molecular complexity index is 472. The molecule has 1 heterocycles. The number of aryl methyl sites for hydroxylation is 2. The molecule has 0 saturated heterocycles. The standard InChI is InChI=1S/C12H13N3/c1-8-3-9(2)5-10(4-8)11-6-14-7-15-12(11)13/h3-7H,1-2H3,(H2,13,14,15). The van der Waals surface area contributed by atoms with Crippen LogP contribution in [0.25, 0.3) is 11.1 Å². The van der Waals surface area contributed by atoms with Gasteiger partial charge in [0, 0.05) is 11.8 Å². The molecule has 0 radical (unpaired) electrons. The van der Waals surface area contributed by atoms with Crippen molar-refractivity contribution in [3.05, 3.63) is 41.9 Å². The summed E-state index contributed by atoms with van der Waals surface area (Å²) in [5, 5.41) is 0. The molecule has 76 valence electrons. The van der Waals surface area contributed by atoms with Crippen LogP contribution in [-0.2, 0) is 0 Å². The van der Waals surface area contributed by atoms with Crippen LogP contribution in [0.5, 0.6) is 0 Å². The summed E-state index contributed by atoms with van der Waals surface area (Å²) < 4.78 is 0. The predicted octanol–water partition coefficient (Wildman–Crippen LogP) is 2.34. The first-order chi connectivity index (χ1) is 7.16. The van der Waals surface area contributed by atoms with E-state index in [4.69, 9.17) is 5.73 Å². The van der Waals surface area contributed by atoms with Gasteiger partial charge in [-0.05, 0) is 19.4 Å². The van der Waals surface area contributed by atoms with Crippen molar-refractivity contribution < 1.29 is 0 Å². The minimum absolute atomic E-state index is 0.523. The van der Waals surface area contributed by atoms with Gasteiger partial charge in [0.2, 0.25) is 0 Å². The van der Waals surface area contributed by atoms with Crippen molar-refractivity contribution in [3.8, 4) is 11.1 Å². The van der Waals surface area contributed by atoms with E-state index in [1.807, 2.05) is 0 Å². The smallest absolute Gasteiger partial charge is 0.134 e. The predicted molar refractivity (Wildman–Crippen MR) is 61.4 cm³/mol. The van der Waals surface area contributed by atoms with Gasteiger partial charge in [-0.25, -0.2) is 9.97 Å². The van der Waals surface area contributed by atoms with E-state index in [1.165, 1.54) is 17.5 Å². The lowest BCUT2D eigenvalue weighted by molar-refractivity contribution is 1.18. The summed E-state index contributed by atoms with van der Waals surface area (Å²) in [5.74, 6) is 0.523. The van der Waals surface area contributed by atoms with Crippen molar-refractivity contribution in [2.24, 2.45) is 0 Å². The summed E-state index contributed by atoms with van der Waals surface area (Å²) in [7, 11) is 0. The molecular formula is C12H13N3. The van der Waals surface area contributed by atoms with Crippen LogP contribution < -0.4 is 5.73 Å². The topological polar surface area (TPSA) is 51.8 Å². The molecule has 0 atom stereocenters. The molecule has 0 fully saturated rings. The number of hydrogen-bond donors (Lipinski definition) is 1. The maximum atomic E-state index is 5.80. The number of nitrogen functional groups attached to an aromatic ring is 1. The molecule has 1 aromatic heterocycles. The molecular weight excluding hydrogens is 186 g/mol.